The van der Waals surface area contributed by atoms with Crippen LogP contribution in [0.3, 0.4) is 0 Å². The van der Waals surface area contributed by atoms with Gasteiger partial charge in [0.15, 0.2) is 0 Å². The van der Waals surface area contributed by atoms with Crippen molar-refractivity contribution in [3.63, 3.8) is 0 Å². The Hall–Kier alpha value is -1.02. The number of anilines is 1. The van der Waals surface area contributed by atoms with E-state index in [1.165, 1.54) is 50.1 Å². The molecule has 2 nitrogen and oxygen atoms in total. The van der Waals surface area contributed by atoms with Crippen molar-refractivity contribution in [3.8, 4) is 0 Å². The van der Waals surface area contributed by atoms with Gasteiger partial charge in [-0.05, 0) is 49.9 Å². The molecule has 1 aliphatic rings. The van der Waals surface area contributed by atoms with Gasteiger partial charge >= 0.3 is 0 Å². The fourth-order valence-corrected chi connectivity index (χ4v) is 2.80. The molecule has 100 valence electrons. The van der Waals surface area contributed by atoms with Crippen LogP contribution in [0.15, 0.2) is 24.3 Å². The van der Waals surface area contributed by atoms with E-state index in [9.17, 15) is 0 Å². The van der Waals surface area contributed by atoms with Crippen LogP contribution >= 0.6 is 0 Å². The average Bonchev–Trinajstić information content (AvgIpc) is 2.39. The summed E-state index contributed by atoms with van der Waals surface area (Å²) < 4.78 is 0. The first kappa shape index (κ1) is 13.4. The van der Waals surface area contributed by atoms with Gasteiger partial charge in [0.05, 0.1) is 0 Å². The van der Waals surface area contributed by atoms with Crippen molar-refractivity contribution in [3.05, 3.63) is 29.8 Å². The molecule has 1 atom stereocenters. The fraction of sp³-hybridized carbons (Fsp3) is 0.625. The van der Waals surface area contributed by atoms with E-state index in [1.807, 2.05) is 0 Å². The maximum Gasteiger partial charge on any atom is 0.0343 e. The second-order valence-corrected chi connectivity index (χ2v) is 5.51. The first-order valence-electron chi connectivity index (χ1n) is 7.31. The minimum atomic E-state index is 0.928. The van der Waals surface area contributed by atoms with Crippen LogP contribution in [0.5, 0.6) is 0 Å². The number of aryl methyl sites for hydroxylation is 1. The van der Waals surface area contributed by atoms with E-state index in [-0.39, 0.29) is 0 Å². The third-order valence-electron chi connectivity index (χ3n) is 3.96. The molecule has 1 saturated heterocycles. The molecule has 1 aromatic rings. The largest absolute Gasteiger partial charge is 0.384 e. The monoisotopic (exact) mass is 246 g/mol. The molecule has 0 amide bonds. The highest BCUT2D eigenvalue weighted by Gasteiger charge is 2.17. The van der Waals surface area contributed by atoms with E-state index in [1.54, 1.807) is 0 Å². The number of nitrogens with one attached hydrogen (secondary N) is 1. The Morgan fingerprint density at radius 3 is 3.06 bits per heavy atom. The molecule has 0 saturated carbocycles. The molecule has 1 heterocycles. The van der Waals surface area contributed by atoms with Gasteiger partial charge in [-0.2, -0.15) is 0 Å². The third kappa shape index (κ3) is 4.02. The highest BCUT2D eigenvalue weighted by atomic mass is 15.1. The summed E-state index contributed by atoms with van der Waals surface area (Å²) in [5.74, 6) is 0.928. The summed E-state index contributed by atoms with van der Waals surface area (Å²) in [5.41, 5.74) is 2.57. The fourth-order valence-electron chi connectivity index (χ4n) is 2.80. The number of hydrogen-bond donors (Lipinski definition) is 1. The number of rotatable bonds is 5. The van der Waals surface area contributed by atoms with Crippen molar-refractivity contribution >= 4 is 5.69 Å². The van der Waals surface area contributed by atoms with E-state index in [4.69, 9.17) is 0 Å². The highest BCUT2D eigenvalue weighted by Crippen LogP contribution is 2.18. The molecule has 1 fully saturated rings. The summed E-state index contributed by atoms with van der Waals surface area (Å²) in [5, 5.41) is 3.52. The summed E-state index contributed by atoms with van der Waals surface area (Å²) in [6.07, 6.45) is 4.14. The van der Waals surface area contributed by atoms with E-state index in [2.05, 4.69) is 48.3 Å². The van der Waals surface area contributed by atoms with Crippen molar-refractivity contribution in [2.75, 3.05) is 31.5 Å². The van der Waals surface area contributed by atoms with Gasteiger partial charge in [0, 0.05) is 25.3 Å². The van der Waals surface area contributed by atoms with Crippen LogP contribution in [0.4, 0.5) is 5.69 Å². The van der Waals surface area contributed by atoms with Gasteiger partial charge in [0.25, 0.3) is 0 Å². The summed E-state index contributed by atoms with van der Waals surface area (Å²) in [6, 6.07) is 8.62. The molecule has 0 radical (unpaired) electrons. The SMILES string of the molecule is CCC1CCCN(CCNc2cccc(C)c2)C1. The zero-order chi connectivity index (χ0) is 12.8. The Balaban J connectivity index is 1.72. The zero-order valence-corrected chi connectivity index (χ0v) is 11.8. The number of likely N-dealkylation sites (tertiary alicyclic amines) is 1. The molecular formula is C16H26N2. The molecular weight excluding hydrogens is 220 g/mol. The molecule has 1 aliphatic heterocycles. The third-order valence-corrected chi connectivity index (χ3v) is 3.96. The van der Waals surface area contributed by atoms with Crippen LogP contribution in [0.2, 0.25) is 0 Å². The topological polar surface area (TPSA) is 15.3 Å². The standard InChI is InChI=1S/C16H26N2/c1-3-15-7-5-10-18(13-15)11-9-17-16-8-4-6-14(2)12-16/h4,6,8,12,15,17H,3,5,7,9-11,13H2,1-2H3. The van der Waals surface area contributed by atoms with Crippen molar-refractivity contribution in [2.45, 2.75) is 33.1 Å². The van der Waals surface area contributed by atoms with Gasteiger partial charge in [-0.3, -0.25) is 0 Å². The Kier molecular flexibility index (Phi) is 5.06. The van der Waals surface area contributed by atoms with Gasteiger partial charge in [0.2, 0.25) is 0 Å². The summed E-state index contributed by atoms with van der Waals surface area (Å²) in [7, 11) is 0. The Labute approximate surface area is 111 Å². The van der Waals surface area contributed by atoms with Crippen LogP contribution in [-0.2, 0) is 0 Å². The number of piperidine rings is 1. The van der Waals surface area contributed by atoms with Crippen LogP contribution in [0.25, 0.3) is 0 Å². The zero-order valence-electron chi connectivity index (χ0n) is 11.8. The number of benzene rings is 1. The van der Waals surface area contributed by atoms with Gasteiger partial charge < -0.3 is 10.2 Å². The van der Waals surface area contributed by atoms with Gasteiger partial charge in [-0.25, -0.2) is 0 Å². The molecule has 2 rings (SSSR count). The number of hydrogen-bond acceptors (Lipinski definition) is 2. The molecule has 18 heavy (non-hydrogen) atoms. The summed E-state index contributed by atoms with van der Waals surface area (Å²) >= 11 is 0. The van der Waals surface area contributed by atoms with E-state index < -0.39 is 0 Å². The predicted octanol–water partition coefficient (Wildman–Crippen LogP) is 3.53. The highest BCUT2D eigenvalue weighted by molar-refractivity contribution is 5.45. The molecule has 0 aliphatic carbocycles. The van der Waals surface area contributed by atoms with Gasteiger partial charge in [0.1, 0.15) is 0 Å². The van der Waals surface area contributed by atoms with Crippen molar-refractivity contribution in [1.82, 2.24) is 4.90 Å². The Bertz CT molecular complexity index is 362. The summed E-state index contributed by atoms with van der Waals surface area (Å²) in [4.78, 5) is 2.61. The smallest absolute Gasteiger partial charge is 0.0343 e. The van der Waals surface area contributed by atoms with Crippen molar-refractivity contribution < 1.29 is 0 Å². The van der Waals surface area contributed by atoms with E-state index in [0.29, 0.717) is 0 Å². The van der Waals surface area contributed by atoms with Crippen LogP contribution < -0.4 is 5.32 Å². The van der Waals surface area contributed by atoms with Crippen molar-refractivity contribution in [1.29, 1.82) is 0 Å². The molecule has 0 spiro atoms. The van der Waals surface area contributed by atoms with Crippen LogP contribution in [-0.4, -0.2) is 31.1 Å². The minimum absolute atomic E-state index is 0.928. The van der Waals surface area contributed by atoms with E-state index >= 15 is 0 Å². The lowest BCUT2D eigenvalue weighted by Crippen LogP contribution is -2.38. The Morgan fingerprint density at radius 2 is 2.28 bits per heavy atom. The van der Waals surface area contributed by atoms with Crippen molar-refractivity contribution in [2.24, 2.45) is 5.92 Å². The summed E-state index contributed by atoms with van der Waals surface area (Å²) in [6.45, 7) is 9.27. The minimum Gasteiger partial charge on any atom is -0.384 e. The first-order chi connectivity index (χ1) is 8.78. The normalized spacial score (nSPS) is 20.9. The first-order valence-corrected chi connectivity index (χ1v) is 7.31. The lowest BCUT2D eigenvalue weighted by atomic mass is 9.96. The Morgan fingerprint density at radius 1 is 1.39 bits per heavy atom. The van der Waals surface area contributed by atoms with Crippen LogP contribution in [0, 0.1) is 12.8 Å². The average molecular weight is 246 g/mol. The van der Waals surface area contributed by atoms with Gasteiger partial charge in [-0.15, -0.1) is 0 Å². The second-order valence-electron chi connectivity index (χ2n) is 5.51. The predicted molar refractivity (Wildman–Crippen MR) is 79.1 cm³/mol. The maximum atomic E-state index is 3.52. The molecule has 2 heteroatoms. The lowest BCUT2D eigenvalue weighted by molar-refractivity contribution is 0.177. The molecule has 0 aromatic heterocycles. The quantitative estimate of drug-likeness (QED) is 0.855. The van der Waals surface area contributed by atoms with E-state index in [0.717, 1.165) is 12.5 Å². The molecule has 1 aromatic carbocycles. The number of nitrogens with zero attached hydrogens (tertiary/aromatic N) is 1. The molecule has 1 unspecified atom stereocenters. The maximum absolute atomic E-state index is 3.52. The van der Waals surface area contributed by atoms with Crippen LogP contribution in [0.1, 0.15) is 31.7 Å². The lowest BCUT2D eigenvalue weighted by Gasteiger charge is -2.32. The van der Waals surface area contributed by atoms with Gasteiger partial charge in [-0.1, -0.05) is 25.5 Å². The second kappa shape index (κ2) is 6.79. The molecule has 0 bridgehead atoms. The molecule has 1 N–H and O–H groups in total.